The summed E-state index contributed by atoms with van der Waals surface area (Å²) in [5.41, 5.74) is 1.90. The lowest BCUT2D eigenvalue weighted by molar-refractivity contribution is 0.112. The van der Waals surface area contributed by atoms with Crippen molar-refractivity contribution in [3.8, 4) is 0 Å². The lowest BCUT2D eigenvalue weighted by Gasteiger charge is -2.24. The number of para-hydroxylation sites is 1. The monoisotopic (exact) mass is 189 g/mol. The number of carbonyl (C=O) groups is 1. The largest absolute Gasteiger partial charge is 0.368 e. The molecule has 1 aromatic rings. The van der Waals surface area contributed by atoms with Crippen molar-refractivity contribution >= 4 is 12.0 Å². The van der Waals surface area contributed by atoms with Crippen LogP contribution in [0.1, 0.15) is 30.1 Å². The molecule has 0 bridgehead atoms. The van der Waals surface area contributed by atoms with Crippen LogP contribution in [0.4, 0.5) is 5.69 Å². The summed E-state index contributed by atoms with van der Waals surface area (Å²) in [4.78, 5) is 13.2. The van der Waals surface area contributed by atoms with Crippen molar-refractivity contribution in [2.75, 3.05) is 11.4 Å². The van der Waals surface area contributed by atoms with Gasteiger partial charge in [0.05, 0.1) is 0 Å². The van der Waals surface area contributed by atoms with Gasteiger partial charge in [-0.15, -0.1) is 0 Å². The maximum atomic E-state index is 10.9. The number of aldehydes is 1. The first-order valence-corrected chi connectivity index (χ1v) is 5.14. The van der Waals surface area contributed by atoms with E-state index in [1.807, 2.05) is 24.3 Å². The van der Waals surface area contributed by atoms with Crippen molar-refractivity contribution in [1.82, 2.24) is 0 Å². The molecule has 74 valence electrons. The van der Waals surface area contributed by atoms with E-state index in [1.54, 1.807) is 0 Å². The van der Waals surface area contributed by atoms with Gasteiger partial charge in [0.2, 0.25) is 0 Å². The third-order valence-electron chi connectivity index (χ3n) is 2.93. The molecule has 1 fully saturated rings. The molecule has 14 heavy (non-hydrogen) atoms. The SMILES string of the molecule is CC1CCCN1c1ccccc1C=O. The Morgan fingerprint density at radius 1 is 1.43 bits per heavy atom. The third-order valence-corrected chi connectivity index (χ3v) is 2.93. The zero-order valence-electron chi connectivity index (χ0n) is 8.44. The van der Waals surface area contributed by atoms with Crippen LogP contribution in [0.15, 0.2) is 24.3 Å². The van der Waals surface area contributed by atoms with Crippen molar-refractivity contribution in [2.45, 2.75) is 25.8 Å². The van der Waals surface area contributed by atoms with Gasteiger partial charge in [-0.1, -0.05) is 12.1 Å². The minimum absolute atomic E-state index is 0.566. The number of carbonyl (C=O) groups excluding carboxylic acids is 1. The predicted octanol–water partition coefficient (Wildman–Crippen LogP) is 2.49. The Morgan fingerprint density at radius 2 is 2.21 bits per heavy atom. The van der Waals surface area contributed by atoms with Gasteiger partial charge in [0, 0.05) is 23.8 Å². The zero-order chi connectivity index (χ0) is 9.97. The summed E-state index contributed by atoms with van der Waals surface area (Å²) in [6, 6.07) is 8.39. The van der Waals surface area contributed by atoms with E-state index in [0.717, 1.165) is 24.1 Å². The molecule has 0 amide bonds. The zero-order valence-corrected chi connectivity index (χ0v) is 8.44. The lowest BCUT2D eigenvalue weighted by Crippen LogP contribution is -2.27. The van der Waals surface area contributed by atoms with E-state index in [2.05, 4.69) is 11.8 Å². The molecule has 0 N–H and O–H groups in total. The number of nitrogens with zero attached hydrogens (tertiary/aromatic N) is 1. The second-order valence-corrected chi connectivity index (χ2v) is 3.86. The Labute approximate surface area is 84.5 Å². The summed E-state index contributed by atoms with van der Waals surface area (Å²) in [6.07, 6.45) is 3.40. The molecule has 0 saturated carbocycles. The van der Waals surface area contributed by atoms with Crippen LogP contribution in [-0.2, 0) is 0 Å². The van der Waals surface area contributed by atoms with Crippen LogP contribution < -0.4 is 4.90 Å². The van der Waals surface area contributed by atoms with Crippen molar-refractivity contribution in [1.29, 1.82) is 0 Å². The molecular weight excluding hydrogens is 174 g/mol. The molecule has 2 nitrogen and oxygen atoms in total. The fraction of sp³-hybridized carbons (Fsp3) is 0.417. The van der Waals surface area contributed by atoms with Gasteiger partial charge in [0.15, 0.2) is 6.29 Å². The molecule has 0 aromatic heterocycles. The summed E-state index contributed by atoms with van der Waals surface area (Å²) in [5.74, 6) is 0. The standard InChI is InChI=1S/C12H15NO/c1-10-5-4-8-13(10)12-7-3-2-6-11(12)9-14/h2-3,6-7,9-10H,4-5,8H2,1H3. The first-order valence-electron chi connectivity index (χ1n) is 5.14. The van der Waals surface area contributed by atoms with Crippen LogP contribution in [0.2, 0.25) is 0 Å². The highest BCUT2D eigenvalue weighted by Crippen LogP contribution is 2.27. The Hall–Kier alpha value is -1.31. The highest BCUT2D eigenvalue weighted by atomic mass is 16.1. The molecule has 1 aliphatic heterocycles. The van der Waals surface area contributed by atoms with E-state index in [-0.39, 0.29) is 0 Å². The van der Waals surface area contributed by atoms with Crippen molar-refractivity contribution in [2.24, 2.45) is 0 Å². The van der Waals surface area contributed by atoms with Crippen LogP contribution in [0.25, 0.3) is 0 Å². The quantitative estimate of drug-likeness (QED) is 0.666. The van der Waals surface area contributed by atoms with Gasteiger partial charge in [0.1, 0.15) is 0 Å². The molecule has 1 unspecified atom stereocenters. The first kappa shape index (κ1) is 9.25. The normalized spacial score (nSPS) is 21.2. The van der Waals surface area contributed by atoms with Crippen LogP contribution in [0.5, 0.6) is 0 Å². The Bertz CT molecular complexity index is 335. The molecule has 2 heteroatoms. The van der Waals surface area contributed by atoms with E-state index in [9.17, 15) is 4.79 Å². The van der Waals surface area contributed by atoms with Crippen molar-refractivity contribution < 1.29 is 4.79 Å². The Morgan fingerprint density at radius 3 is 2.86 bits per heavy atom. The van der Waals surface area contributed by atoms with Gasteiger partial charge >= 0.3 is 0 Å². The highest BCUT2D eigenvalue weighted by molar-refractivity contribution is 5.84. The van der Waals surface area contributed by atoms with E-state index < -0.39 is 0 Å². The van der Waals surface area contributed by atoms with Crippen LogP contribution in [-0.4, -0.2) is 18.9 Å². The second kappa shape index (κ2) is 3.82. The van der Waals surface area contributed by atoms with Crippen LogP contribution in [0.3, 0.4) is 0 Å². The summed E-state index contributed by atoms with van der Waals surface area (Å²) < 4.78 is 0. The maximum absolute atomic E-state index is 10.9. The van der Waals surface area contributed by atoms with E-state index in [1.165, 1.54) is 12.8 Å². The van der Waals surface area contributed by atoms with Gasteiger partial charge in [-0.2, -0.15) is 0 Å². The minimum atomic E-state index is 0.566. The van der Waals surface area contributed by atoms with Crippen molar-refractivity contribution in [3.05, 3.63) is 29.8 Å². The number of hydrogen-bond donors (Lipinski definition) is 0. The smallest absolute Gasteiger partial charge is 0.152 e. The third kappa shape index (κ3) is 1.52. The molecule has 0 spiro atoms. The molecule has 0 aliphatic carbocycles. The summed E-state index contributed by atoms with van der Waals surface area (Å²) in [6.45, 7) is 3.29. The summed E-state index contributed by atoms with van der Waals surface area (Å²) in [7, 11) is 0. The summed E-state index contributed by atoms with van der Waals surface area (Å²) >= 11 is 0. The molecule has 1 saturated heterocycles. The van der Waals surface area contributed by atoms with Gasteiger partial charge in [-0.3, -0.25) is 4.79 Å². The molecular formula is C12H15NO. The average molecular weight is 189 g/mol. The topological polar surface area (TPSA) is 20.3 Å². The van der Waals surface area contributed by atoms with E-state index in [0.29, 0.717) is 6.04 Å². The Balaban J connectivity index is 2.34. The molecule has 1 heterocycles. The number of hydrogen-bond acceptors (Lipinski definition) is 2. The van der Waals surface area contributed by atoms with Gasteiger partial charge in [-0.25, -0.2) is 0 Å². The van der Waals surface area contributed by atoms with Crippen molar-refractivity contribution in [3.63, 3.8) is 0 Å². The van der Waals surface area contributed by atoms with Gasteiger partial charge < -0.3 is 4.90 Å². The van der Waals surface area contributed by atoms with Gasteiger partial charge in [0.25, 0.3) is 0 Å². The molecule has 1 aliphatic rings. The minimum Gasteiger partial charge on any atom is -0.368 e. The van der Waals surface area contributed by atoms with Crippen LogP contribution >= 0.6 is 0 Å². The highest BCUT2D eigenvalue weighted by Gasteiger charge is 2.21. The first-order chi connectivity index (χ1) is 6.83. The maximum Gasteiger partial charge on any atom is 0.152 e. The number of benzene rings is 1. The number of rotatable bonds is 2. The van der Waals surface area contributed by atoms with E-state index >= 15 is 0 Å². The molecule has 1 atom stereocenters. The molecule has 2 rings (SSSR count). The second-order valence-electron chi connectivity index (χ2n) is 3.86. The van der Waals surface area contributed by atoms with Crippen LogP contribution in [0, 0.1) is 0 Å². The molecule has 0 radical (unpaired) electrons. The Kier molecular flexibility index (Phi) is 2.53. The fourth-order valence-electron chi connectivity index (χ4n) is 2.14. The fourth-order valence-corrected chi connectivity index (χ4v) is 2.14. The molecule has 1 aromatic carbocycles. The van der Waals surface area contributed by atoms with Gasteiger partial charge in [-0.05, 0) is 31.9 Å². The van der Waals surface area contributed by atoms with E-state index in [4.69, 9.17) is 0 Å². The predicted molar refractivity (Wildman–Crippen MR) is 57.9 cm³/mol. The lowest BCUT2D eigenvalue weighted by atomic mass is 10.1. The summed E-state index contributed by atoms with van der Waals surface area (Å²) in [5, 5.41) is 0. The average Bonchev–Trinajstić information content (AvgIpc) is 2.64. The number of anilines is 1.